The van der Waals surface area contributed by atoms with Crippen LogP contribution in [0.5, 0.6) is 0 Å². The van der Waals surface area contributed by atoms with E-state index in [1.165, 1.54) is 0 Å². The van der Waals surface area contributed by atoms with Crippen molar-refractivity contribution in [3.05, 3.63) is 24.3 Å². The topological polar surface area (TPSA) is 64.1 Å². The van der Waals surface area contributed by atoms with E-state index in [0.29, 0.717) is 5.95 Å². The average molecular weight is 231 g/mol. The van der Waals surface area contributed by atoms with Crippen molar-refractivity contribution >= 4 is 17.0 Å². The highest BCUT2D eigenvalue weighted by atomic mass is 16.3. The summed E-state index contributed by atoms with van der Waals surface area (Å²) in [4.78, 5) is 4.35. The van der Waals surface area contributed by atoms with Crippen molar-refractivity contribution in [2.75, 3.05) is 5.73 Å². The van der Waals surface area contributed by atoms with Gasteiger partial charge in [-0.3, -0.25) is 0 Å². The van der Waals surface area contributed by atoms with E-state index in [-0.39, 0.29) is 12.1 Å². The second kappa shape index (κ2) is 4.04. The molecule has 17 heavy (non-hydrogen) atoms. The number of aliphatic hydroxyl groups excluding tert-OH is 1. The van der Waals surface area contributed by atoms with Crippen LogP contribution in [0, 0.1) is 0 Å². The van der Waals surface area contributed by atoms with Gasteiger partial charge in [0.2, 0.25) is 5.95 Å². The Morgan fingerprint density at radius 2 is 2.00 bits per heavy atom. The van der Waals surface area contributed by atoms with Gasteiger partial charge in [0.1, 0.15) is 0 Å². The molecule has 90 valence electrons. The highest BCUT2D eigenvalue weighted by molar-refractivity contribution is 5.78. The quantitative estimate of drug-likeness (QED) is 0.790. The fraction of sp³-hybridized carbons (Fsp3) is 0.462. The second-order valence-electron chi connectivity index (χ2n) is 4.75. The monoisotopic (exact) mass is 231 g/mol. The molecule has 0 saturated heterocycles. The number of nitrogens with zero attached hydrogens (tertiary/aromatic N) is 2. The fourth-order valence-corrected chi connectivity index (χ4v) is 2.80. The number of aromatic nitrogens is 2. The van der Waals surface area contributed by atoms with E-state index in [9.17, 15) is 5.11 Å². The van der Waals surface area contributed by atoms with Crippen LogP contribution in [0.1, 0.15) is 31.7 Å². The van der Waals surface area contributed by atoms with E-state index in [0.717, 1.165) is 36.7 Å². The summed E-state index contributed by atoms with van der Waals surface area (Å²) in [5, 5.41) is 10.1. The SMILES string of the molecule is Nc1nc2ccccc2n1C1CCCCC1O. The minimum absolute atomic E-state index is 0.0798. The van der Waals surface area contributed by atoms with Crippen LogP contribution in [0.15, 0.2) is 24.3 Å². The molecular weight excluding hydrogens is 214 g/mol. The molecule has 3 N–H and O–H groups in total. The molecule has 0 aliphatic heterocycles. The lowest BCUT2D eigenvalue weighted by atomic mass is 9.92. The molecular formula is C13H17N3O. The molecule has 0 amide bonds. The molecule has 0 bridgehead atoms. The van der Waals surface area contributed by atoms with Gasteiger partial charge in [-0.15, -0.1) is 0 Å². The third-order valence-corrected chi connectivity index (χ3v) is 3.65. The predicted molar refractivity (Wildman–Crippen MR) is 67.7 cm³/mol. The van der Waals surface area contributed by atoms with Crippen LogP contribution in [0.2, 0.25) is 0 Å². The Kier molecular flexibility index (Phi) is 2.52. The molecule has 2 aromatic rings. The van der Waals surface area contributed by atoms with Crippen LogP contribution in [0.3, 0.4) is 0 Å². The van der Waals surface area contributed by atoms with Gasteiger partial charge < -0.3 is 15.4 Å². The lowest BCUT2D eigenvalue weighted by Gasteiger charge is -2.29. The molecule has 2 unspecified atom stereocenters. The van der Waals surface area contributed by atoms with Crippen molar-refractivity contribution in [3.63, 3.8) is 0 Å². The molecule has 1 aromatic carbocycles. The van der Waals surface area contributed by atoms with Gasteiger partial charge in [-0.25, -0.2) is 4.98 Å². The van der Waals surface area contributed by atoms with Crippen molar-refractivity contribution in [1.82, 2.24) is 9.55 Å². The predicted octanol–water partition coefficient (Wildman–Crippen LogP) is 2.09. The molecule has 1 saturated carbocycles. The third-order valence-electron chi connectivity index (χ3n) is 3.65. The smallest absolute Gasteiger partial charge is 0.201 e. The standard InChI is InChI=1S/C13H17N3O/c14-13-15-9-5-1-2-6-10(9)16(13)11-7-3-4-8-12(11)17/h1-2,5-6,11-12,17H,3-4,7-8H2,(H2,14,15). The van der Waals surface area contributed by atoms with Crippen molar-refractivity contribution in [2.24, 2.45) is 0 Å². The summed E-state index contributed by atoms with van der Waals surface area (Å²) >= 11 is 0. The Morgan fingerprint density at radius 1 is 1.24 bits per heavy atom. The lowest BCUT2D eigenvalue weighted by Crippen LogP contribution is -2.28. The summed E-state index contributed by atoms with van der Waals surface area (Å²) in [7, 11) is 0. The van der Waals surface area contributed by atoms with Gasteiger partial charge in [0, 0.05) is 0 Å². The van der Waals surface area contributed by atoms with Crippen LogP contribution in [-0.4, -0.2) is 20.8 Å². The summed E-state index contributed by atoms with van der Waals surface area (Å²) < 4.78 is 2.00. The highest BCUT2D eigenvalue weighted by Gasteiger charge is 2.27. The van der Waals surface area contributed by atoms with Crippen LogP contribution in [0.4, 0.5) is 5.95 Å². The number of nitrogens with two attached hydrogens (primary N) is 1. The summed E-state index contributed by atoms with van der Waals surface area (Å²) in [5.74, 6) is 0.511. The summed E-state index contributed by atoms with van der Waals surface area (Å²) in [6, 6.07) is 7.99. The van der Waals surface area contributed by atoms with Gasteiger partial charge >= 0.3 is 0 Å². The van der Waals surface area contributed by atoms with Crippen molar-refractivity contribution in [2.45, 2.75) is 37.8 Å². The van der Waals surface area contributed by atoms with E-state index in [4.69, 9.17) is 5.73 Å². The summed E-state index contributed by atoms with van der Waals surface area (Å²) in [6.45, 7) is 0. The first-order valence-electron chi connectivity index (χ1n) is 6.18. The van der Waals surface area contributed by atoms with Gasteiger partial charge in [0.25, 0.3) is 0 Å². The minimum atomic E-state index is -0.302. The van der Waals surface area contributed by atoms with Gasteiger partial charge in [-0.2, -0.15) is 0 Å². The van der Waals surface area contributed by atoms with E-state index in [1.807, 2.05) is 28.8 Å². The van der Waals surface area contributed by atoms with Crippen LogP contribution in [-0.2, 0) is 0 Å². The van der Waals surface area contributed by atoms with E-state index in [2.05, 4.69) is 4.98 Å². The number of rotatable bonds is 1. The first-order chi connectivity index (χ1) is 8.27. The molecule has 2 atom stereocenters. The maximum atomic E-state index is 10.1. The van der Waals surface area contributed by atoms with Crippen LogP contribution >= 0.6 is 0 Å². The number of hydrogen-bond donors (Lipinski definition) is 2. The molecule has 1 aromatic heterocycles. The molecule has 4 heteroatoms. The Bertz CT molecular complexity index is 534. The van der Waals surface area contributed by atoms with Crippen molar-refractivity contribution < 1.29 is 5.11 Å². The maximum absolute atomic E-state index is 10.1. The zero-order chi connectivity index (χ0) is 11.8. The molecule has 1 aliphatic carbocycles. The number of fused-ring (bicyclic) bond motifs is 1. The molecule has 1 heterocycles. The molecule has 3 rings (SSSR count). The highest BCUT2D eigenvalue weighted by Crippen LogP contribution is 2.33. The van der Waals surface area contributed by atoms with E-state index < -0.39 is 0 Å². The van der Waals surface area contributed by atoms with E-state index >= 15 is 0 Å². The van der Waals surface area contributed by atoms with Crippen LogP contribution in [0.25, 0.3) is 11.0 Å². The third kappa shape index (κ3) is 1.69. The number of benzene rings is 1. The van der Waals surface area contributed by atoms with Crippen LogP contribution < -0.4 is 5.73 Å². The number of imidazole rings is 1. The normalized spacial score (nSPS) is 25.2. The zero-order valence-corrected chi connectivity index (χ0v) is 9.71. The number of anilines is 1. The largest absolute Gasteiger partial charge is 0.391 e. The van der Waals surface area contributed by atoms with Gasteiger partial charge in [0.05, 0.1) is 23.2 Å². The Balaban J connectivity index is 2.12. The Labute approximate surface area is 100 Å². The number of nitrogen functional groups attached to an aromatic ring is 1. The second-order valence-corrected chi connectivity index (χ2v) is 4.75. The first kappa shape index (κ1) is 10.6. The Morgan fingerprint density at radius 3 is 2.82 bits per heavy atom. The summed E-state index contributed by atoms with van der Waals surface area (Å²) in [6.07, 6.45) is 3.78. The maximum Gasteiger partial charge on any atom is 0.201 e. The van der Waals surface area contributed by atoms with Gasteiger partial charge in [-0.05, 0) is 25.0 Å². The number of hydrogen-bond acceptors (Lipinski definition) is 3. The zero-order valence-electron chi connectivity index (χ0n) is 9.71. The molecule has 0 radical (unpaired) electrons. The van der Waals surface area contributed by atoms with E-state index in [1.54, 1.807) is 0 Å². The Hall–Kier alpha value is -1.55. The number of aliphatic hydroxyl groups is 1. The first-order valence-corrected chi connectivity index (χ1v) is 6.18. The molecule has 1 aliphatic rings. The van der Waals surface area contributed by atoms with Crippen molar-refractivity contribution in [3.8, 4) is 0 Å². The summed E-state index contributed by atoms with van der Waals surface area (Å²) in [5.41, 5.74) is 7.92. The van der Waals surface area contributed by atoms with Crippen molar-refractivity contribution in [1.29, 1.82) is 0 Å². The average Bonchev–Trinajstić information content (AvgIpc) is 2.66. The lowest BCUT2D eigenvalue weighted by molar-refractivity contribution is 0.0783. The fourth-order valence-electron chi connectivity index (χ4n) is 2.80. The van der Waals surface area contributed by atoms with Gasteiger partial charge in [0.15, 0.2) is 0 Å². The molecule has 1 fully saturated rings. The van der Waals surface area contributed by atoms with Gasteiger partial charge in [-0.1, -0.05) is 25.0 Å². The molecule has 0 spiro atoms. The molecule has 4 nitrogen and oxygen atoms in total. The number of para-hydroxylation sites is 2. The minimum Gasteiger partial charge on any atom is -0.391 e.